The standard InChI is InChI=1S/C21H35N3O2/c1-17(2)13-20(16-25)23(3)21(26)22-14-19-10-12-24(15-19)11-9-18-7-5-4-6-8-18/h4-8,17,19-20,25H,9-16H2,1-3H3,(H,22,26). The van der Waals surface area contributed by atoms with Crippen molar-refractivity contribution in [3.63, 3.8) is 0 Å². The van der Waals surface area contributed by atoms with Crippen LogP contribution >= 0.6 is 0 Å². The highest BCUT2D eigenvalue weighted by molar-refractivity contribution is 5.74. The van der Waals surface area contributed by atoms with Gasteiger partial charge in [0, 0.05) is 26.7 Å². The molecule has 1 aromatic carbocycles. The molecule has 2 rings (SSSR count). The van der Waals surface area contributed by atoms with E-state index >= 15 is 0 Å². The SMILES string of the molecule is CC(C)CC(CO)N(C)C(=O)NCC1CCN(CCc2ccccc2)C1. The van der Waals surface area contributed by atoms with Gasteiger partial charge in [-0.3, -0.25) is 0 Å². The molecular weight excluding hydrogens is 326 g/mol. The normalized spacial score (nSPS) is 18.9. The number of hydrogen-bond acceptors (Lipinski definition) is 3. The van der Waals surface area contributed by atoms with Gasteiger partial charge in [0.1, 0.15) is 0 Å². The molecule has 0 bridgehead atoms. The molecule has 0 aliphatic carbocycles. The van der Waals surface area contributed by atoms with Gasteiger partial charge in [-0.05, 0) is 43.2 Å². The molecule has 1 fully saturated rings. The van der Waals surface area contributed by atoms with E-state index in [-0.39, 0.29) is 18.7 Å². The number of carbonyl (C=O) groups is 1. The number of urea groups is 1. The molecule has 5 heteroatoms. The Hall–Kier alpha value is -1.59. The minimum atomic E-state index is -0.110. The van der Waals surface area contributed by atoms with Crippen molar-refractivity contribution in [3.8, 4) is 0 Å². The summed E-state index contributed by atoms with van der Waals surface area (Å²) in [6.07, 6.45) is 3.03. The van der Waals surface area contributed by atoms with Crippen molar-refractivity contribution in [2.45, 2.75) is 39.2 Å². The first-order valence-electron chi connectivity index (χ1n) is 9.87. The fourth-order valence-electron chi connectivity index (χ4n) is 3.64. The summed E-state index contributed by atoms with van der Waals surface area (Å²) in [6.45, 7) is 8.18. The van der Waals surface area contributed by atoms with Crippen molar-refractivity contribution in [2.24, 2.45) is 11.8 Å². The predicted molar refractivity (Wildman–Crippen MR) is 106 cm³/mol. The first-order chi connectivity index (χ1) is 12.5. The van der Waals surface area contributed by atoms with E-state index < -0.39 is 0 Å². The summed E-state index contributed by atoms with van der Waals surface area (Å²) in [7, 11) is 1.78. The van der Waals surface area contributed by atoms with Gasteiger partial charge in [-0.2, -0.15) is 0 Å². The van der Waals surface area contributed by atoms with Gasteiger partial charge in [0.2, 0.25) is 0 Å². The van der Waals surface area contributed by atoms with E-state index in [1.54, 1.807) is 11.9 Å². The molecule has 5 nitrogen and oxygen atoms in total. The third kappa shape index (κ3) is 6.61. The Bertz CT molecular complexity index is 535. The number of likely N-dealkylation sites (N-methyl/N-ethyl adjacent to an activating group) is 1. The maximum Gasteiger partial charge on any atom is 0.317 e. The first-order valence-corrected chi connectivity index (χ1v) is 9.87. The number of benzene rings is 1. The molecule has 1 heterocycles. The second-order valence-corrected chi connectivity index (χ2v) is 7.95. The third-order valence-corrected chi connectivity index (χ3v) is 5.29. The molecule has 1 aliphatic rings. The Morgan fingerprint density at radius 1 is 1.35 bits per heavy atom. The molecule has 2 N–H and O–H groups in total. The summed E-state index contributed by atoms with van der Waals surface area (Å²) >= 11 is 0. The van der Waals surface area contributed by atoms with E-state index in [1.807, 2.05) is 0 Å². The average Bonchev–Trinajstić information content (AvgIpc) is 3.10. The Kier molecular flexibility index (Phi) is 8.39. The number of nitrogens with zero attached hydrogens (tertiary/aromatic N) is 2. The van der Waals surface area contributed by atoms with E-state index in [1.165, 1.54) is 5.56 Å². The molecular formula is C21H35N3O2. The van der Waals surface area contributed by atoms with Crippen LogP contribution in [0.2, 0.25) is 0 Å². The van der Waals surface area contributed by atoms with Gasteiger partial charge in [-0.25, -0.2) is 4.79 Å². The summed E-state index contributed by atoms with van der Waals surface area (Å²) in [4.78, 5) is 16.5. The Labute approximate surface area is 158 Å². The zero-order valence-electron chi connectivity index (χ0n) is 16.5. The Morgan fingerprint density at radius 3 is 2.73 bits per heavy atom. The second-order valence-electron chi connectivity index (χ2n) is 7.95. The van der Waals surface area contributed by atoms with Crippen LogP contribution in [-0.2, 0) is 6.42 Å². The molecule has 0 aromatic heterocycles. The zero-order chi connectivity index (χ0) is 18.9. The Balaban J connectivity index is 1.68. The van der Waals surface area contributed by atoms with Gasteiger partial charge in [0.25, 0.3) is 0 Å². The lowest BCUT2D eigenvalue weighted by Gasteiger charge is -2.28. The minimum absolute atomic E-state index is 0.0127. The second kappa shape index (κ2) is 10.5. The van der Waals surface area contributed by atoms with Crippen molar-refractivity contribution >= 4 is 6.03 Å². The molecule has 0 saturated carbocycles. The van der Waals surface area contributed by atoms with Crippen LogP contribution in [0.15, 0.2) is 30.3 Å². The molecule has 2 amide bonds. The minimum Gasteiger partial charge on any atom is -0.394 e. The van der Waals surface area contributed by atoms with Crippen molar-refractivity contribution in [2.75, 3.05) is 39.8 Å². The molecule has 146 valence electrons. The van der Waals surface area contributed by atoms with Crippen LogP contribution in [0, 0.1) is 11.8 Å². The van der Waals surface area contributed by atoms with Crippen LogP contribution in [0.4, 0.5) is 4.79 Å². The van der Waals surface area contributed by atoms with E-state index in [2.05, 4.69) is 54.4 Å². The summed E-state index contributed by atoms with van der Waals surface area (Å²) in [5, 5.41) is 12.6. The van der Waals surface area contributed by atoms with Gasteiger partial charge in [0.15, 0.2) is 0 Å². The van der Waals surface area contributed by atoms with E-state index in [0.29, 0.717) is 18.4 Å². The quantitative estimate of drug-likeness (QED) is 0.711. The summed E-state index contributed by atoms with van der Waals surface area (Å²) in [5.74, 6) is 0.969. The predicted octanol–water partition coefficient (Wildman–Crippen LogP) is 2.60. The first kappa shape index (κ1) is 20.7. The van der Waals surface area contributed by atoms with Gasteiger partial charge in [-0.15, -0.1) is 0 Å². The largest absolute Gasteiger partial charge is 0.394 e. The molecule has 1 aromatic rings. The monoisotopic (exact) mass is 361 g/mol. The van der Waals surface area contributed by atoms with Crippen LogP contribution in [-0.4, -0.2) is 66.8 Å². The lowest BCUT2D eigenvalue weighted by atomic mass is 10.0. The number of aliphatic hydroxyl groups is 1. The van der Waals surface area contributed by atoms with Crippen LogP contribution in [0.25, 0.3) is 0 Å². The molecule has 2 unspecified atom stereocenters. The maximum absolute atomic E-state index is 12.4. The maximum atomic E-state index is 12.4. The van der Waals surface area contributed by atoms with Crippen LogP contribution < -0.4 is 5.32 Å². The number of rotatable bonds is 9. The smallest absolute Gasteiger partial charge is 0.317 e. The fourth-order valence-corrected chi connectivity index (χ4v) is 3.64. The molecule has 2 atom stereocenters. The third-order valence-electron chi connectivity index (χ3n) is 5.29. The number of nitrogens with one attached hydrogen (secondary N) is 1. The average molecular weight is 362 g/mol. The summed E-state index contributed by atoms with van der Waals surface area (Å²) in [6, 6.07) is 10.4. The molecule has 26 heavy (non-hydrogen) atoms. The van der Waals surface area contributed by atoms with E-state index in [9.17, 15) is 9.90 Å². The molecule has 1 saturated heterocycles. The number of amides is 2. The molecule has 0 spiro atoms. The van der Waals surface area contributed by atoms with Crippen LogP contribution in [0.1, 0.15) is 32.3 Å². The van der Waals surface area contributed by atoms with Crippen molar-refractivity contribution < 1.29 is 9.90 Å². The number of hydrogen-bond donors (Lipinski definition) is 2. The molecule has 1 aliphatic heterocycles. The summed E-state index contributed by atoms with van der Waals surface area (Å²) in [5.41, 5.74) is 1.38. The van der Waals surface area contributed by atoms with Gasteiger partial charge in [0.05, 0.1) is 12.6 Å². The van der Waals surface area contributed by atoms with Crippen molar-refractivity contribution in [1.29, 1.82) is 0 Å². The van der Waals surface area contributed by atoms with Gasteiger partial charge in [-0.1, -0.05) is 44.2 Å². The summed E-state index contributed by atoms with van der Waals surface area (Å²) < 4.78 is 0. The van der Waals surface area contributed by atoms with E-state index in [4.69, 9.17) is 0 Å². The highest BCUT2D eigenvalue weighted by Gasteiger charge is 2.24. The topological polar surface area (TPSA) is 55.8 Å². The van der Waals surface area contributed by atoms with E-state index in [0.717, 1.165) is 38.9 Å². The Morgan fingerprint density at radius 2 is 2.08 bits per heavy atom. The lowest BCUT2D eigenvalue weighted by Crippen LogP contribution is -2.47. The van der Waals surface area contributed by atoms with Crippen molar-refractivity contribution in [1.82, 2.24) is 15.1 Å². The highest BCUT2D eigenvalue weighted by atomic mass is 16.3. The zero-order valence-corrected chi connectivity index (χ0v) is 16.5. The van der Waals surface area contributed by atoms with Crippen LogP contribution in [0.5, 0.6) is 0 Å². The lowest BCUT2D eigenvalue weighted by molar-refractivity contribution is 0.136. The molecule has 0 radical (unpaired) electrons. The fraction of sp³-hybridized carbons (Fsp3) is 0.667. The van der Waals surface area contributed by atoms with Crippen LogP contribution in [0.3, 0.4) is 0 Å². The van der Waals surface area contributed by atoms with Gasteiger partial charge < -0.3 is 20.2 Å². The highest BCUT2D eigenvalue weighted by Crippen LogP contribution is 2.16. The number of aliphatic hydroxyl groups excluding tert-OH is 1. The number of likely N-dealkylation sites (tertiary alicyclic amines) is 1. The van der Waals surface area contributed by atoms with Crippen molar-refractivity contribution in [3.05, 3.63) is 35.9 Å². The van der Waals surface area contributed by atoms with Gasteiger partial charge >= 0.3 is 6.03 Å². The number of carbonyl (C=O) groups excluding carboxylic acids is 1.